The number of esters is 1. The van der Waals surface area contributed by atoms with Crippen molar-refractivity contribution in [3.63, 3.8) is 0 Å². The average molecular weight is 480 g/mol. The van der Waals surface area contributed by atoms with E-state index in [1.807, 2.05) is 0 Å². The van der Waals surface area contributed by atoms with Crippen LogP contribution >= 0.6 is 11.6 Å². The lowest BCUT2D eigenvalue weighted by atomic mass is 10.1. The van der Waals surface area contributed by atoms with Gasteiger partial charge in [-0.15, -0.1) is 0 Å². The Labute approximate surface area is 183 Å². The largest absolute Gasteiger partial charge is 0.460 e. The molecule has 1 aliphatic carbocycles. The summed E-state index contributed by atoms with van der Waals surface area (Å²) in [5.41, 5.74) is -1.87. The summed E-state index contributed by atoms with van der Waals surface area (Å²) in [5, 5.41) is -1.39. The van der Waals surface area contributed by atoms with Crippen molar-refractivity contribution < 1.29 is 40.6 Å². The minimum Gasteiger partial charge on any atom is -0.460 e. The molecule has 2 unspecified atom stereocenters. The van der Waals surface area contributed by atoms with Gasteiger partial charge >= 0.3 is 12.1 Å². The predicted octanol–water partition coefficient (Wildman–Crippen LogP) is 6.29. The van der Waals surface area contributed by atoms with Crippen LogP contribution in [-0.4, -0.2) is 17.1 Å². The molecular weight excluding hydrogens is 464 g/mol. The van der Waals surface area contributed by atoms with Gasteiger partial charge in [0, 0.05) is 0 Å². The second-order valence-corrected chi connectivity index (χ2v) is 8.08. The first-order valence-electron chi connectivity index (χ1n) is 9.21. The van der Waals surface area contributed by atoms with Gasteiger partial charge < -0.3 is 9.47 Å². The van der Waals surface area contributed by atoms with Crippen LogP contribution in [0, 0.1) is 34.8 Å². The van der Waals surface area contributed by atoms with Gasteiger partial charge in [0.2, 0.25) is 0 Å². The van der Waals surface area contributed by atoms with Gasteiger partial charge in [0.25, 0.3) is 11.8 Å². The van der Waals surface area contributed by atoms with Crippen molar-refractivity contribution in [1.29, 1.82) is 0 Å². The van der Waals surface area contributed by atoms with Crippen molar-refractivity contribution in [2.24, 2.45) is 17.3 Å². The molecule has 1 heterocycles. The van der Waals surface area contributed by atoms with Gasteiger partial charge in [-0.1, -0.05) is 49.7 Å². The Balaban J connectivity index is 1.76. The van der Waals surface area contributed by atoms with E-state index >= 15 is 0 Å². The average Bonchev–Trinajstić information content (AvgIpc) is 3.25. The zero-order chi connectivity index (χ0) is 23.8. The number of carbonyl (C=O) groups excluding carboxylic acids is 1. The van der Waals surface area contributed by atoms with Crippen molar-refractivity contribution >= 4 is 17.6 Å². The number of pyridine rings is 1. The SMILES string of the molecule is CC1(C)C(/C=C(/Cl)C(F)(F)F)C1C(=O)OCc1c(F)c(F)nc(Oc2ccccc2)c1F. The number of carbonyl (C=O) groups is 1. The number of hydrogen-bond acceptors (Lipinski definition) is 4. The normalized spacial score (nSPS) is 20.1. The molecule has 0 saturated heterocycles. The number of ether oxygens (including phenoxy) is 2. The van der Waals surface area contributed by atoms with Gasteiger partial charge in [0.1, 0.15) is 17.4 Å². The number of para-hydroxylation sites is 1. The first-order valence-corrected chi connectivity index (χ1v) is 9.59. The number of aromatic nitrogens is 1. The first-order chi connectivity index (χ1) is 14.8. The van der Waals surface area contributed by atoms with E-state index in [0.717, 1.165) is 0 Å². The number of benzene rings is 1. The zero-order valence-electron chi connectivity index (χ0n) is 16.6. The predicted molar refractivity (Wildman–Crippen MR) is 101 cm³/mol. The van der Waals surface area contributed by atoms with Crippen LogP contribution in [0.3, 0.4) is 0 Å². The van der Waals surface area contributed by atoms with Crippen LogP contribution in [0.1, 0.15) is 19.4 Å². The van der Waals surface area contributed by atoms with Crippen molar-refractivity contribution in [3.8, 4) is 11.6 Å². The van der Waals surface area contributed by atoms with Gasteiger partial charge in [-0.25, -0.2) is 8.78 Å². The molecule has 0 spiro atoms. The molecule has 0 bridgehead atoms. The lowest BCUT2D eigenvalue weighted by Gasteiger charge is -2.11. The highest BCUT2D eigenvalue weighted by Crippen LogP contribution is 2.60. The third kappa shape index (κ3) is 4.85. The number of rotatable bonds is 6. The monoisotopic (exact) mass is 479 g/mol. The van der Waals surface area contributed by atoms with Crippen LogP contribution in [0.25, 0.3) is 0 Å². The van der Waals surface area contributed by atoms with E-state index in [1.54, 1.807) is 18.2 Å². The molecule has 0 aliphatic heterocycles. The molecule has 32 heavy (non-hydrogen) atoms. The minimum atomic E-state index is -4.77. The third-order valence-electron chi connectivity index (χ3n) is 5.18. The Kier molecular flexibility index (Phi) is 6.46. The summed E-state index contributed by atoms with van der Waals surface area (Å²) in [5.74, 6) is -8.44. The summed E-state index contributed by atoms with van der Waals surface area (Å²) >= 11 is 5.23. The zero-order valence-corrected chi connectivity index (χ0v) is 17.4. The van der Waals surface area contributed by atoms with Crippen LogP contribution in [0.2, 0.25) is 0 Å². The molecular formula is C21H16ClF6NO3. The van der Waals surface area contributed by atoms with Crippen LogP contribution in [0.4, 0.5) is 26.3 Å². The molecule has 1 aromatic carbocycles. The van der Waals surface area contributed by atoms with E-state index in [4.69, 9.17) is 21.1 Å². The number of alkyl halides is 3. The van der Waals surface area contributed by atoms with E-state index < -0.39 is 70.1 Å². The topological polar surface area (TPSA) is 48.4 Å². The Morgan fingerprint density at radius 2 is 1.78 bits per heavy atom. The summed E-state index contributed by atoms with van der Waals surface area (Å²) in [6.45, 7) is 2.01. The summed E-state index contributed by atoms with van der Waals surface area (Å²) in [4.78, 5) is 15.4. The lowest BCUT2D eigenvalue weighted by Crippen LogP contribution is -2.14. The molecule has 1 aromatic heterocycles. The fourth-order valence-corrected chi connectivity index (χ4v) is 3.39. The second-order valence-electron chi connectivity index (χ2n) is 7.67. The Morgan fingerprint density at radius 3 is 2.38 bits per heavy atom. The van der Waals surface area contributed by atoms with E-state index in [1.165, 1.54) is 26.0 Å². The van der Waals surface area contributed by atoms with Gasteiger partial charge in [-0.3, -0.25) is 4.79 Å². The second kappa shape index (κ2) is 8.65. The van der Waals surface area contributed by atoms with Crippen molar-refractivity contribution in [2.45, 2.75) is 26.6 Å². The quantitative estimate of drug-likeness (QED) is 0.277. The van der Waals surface area contributed by atoms with Crippen molar-refractivity contribution in [2.75, 3.05) is 0 Å². The first kappa shape index (κ1) is 23.9. The van der Waals surface area contributed by atoms with E-state index in [9.17, 15) is 31.1 Å². The highest BCUT2D eigenvalue weighted by atomic mass is 35.5. The fourth-order valence-electron chi connectivity index (χ4n) is 3.26. The third-order valence-corrected chi connectivity index (χ3v) is 5.52. The standard InChI is InChI=1S/C21H16ClF6NO3/c1-20(2)12(8-13(22)21(26,27)28)14(20)19(30)31-9-11-15(23)17(25)29-18(16(11)24)32-10-6-4-3-5-7-10/h3-8,12,14H,9H2,1-2H3/b13-8+. The summed E-state index contributed by atoms with van der Waals surface area (Å²) in [6, 6.07) is 7.62. The molecule has 0 N–H and O–H groups in total. The molecule has 3 rings (SSSR count). The van der Waals surface area contributed by atoms with E-state index in [-0.39, 0.29) is 5.75 Å². The highest BCUT2D eigenvalue weighted by molar-refractivity contribution is 6.30. The van der Waals surface area contributed by atoms with Gasteiger partial charge in [-0.2, -0.15) is 22.5 Å². The molecule has 1 saturated carbocycles. The maximum Gasteiger partial charge on any atom is 0.426 e. The van der Waals surface area contributed by atoms with Crippen molar-refractivity contribution in [1.82, 2.24) is 4.98 Å². The molecule has 4 nitrogen and oxygen atoms in total. The van der Waals surface area contributed by atoms with Gasteiger partial charge in [0.05, 0.1) is 11.5 Å². The Morgan fingerprint density at radius 1 is 1.16 bits per heavy atom. The summed E-state index contributed by atoms with van der Waals surface area (Å²) in [7, 11) is 0. The number of nitrogens with zero attached hydrogens (tertiary/aromatic N) is 1. The molecule has 0 amide bonds. The molecule has 172 valence electrons. The molecule has 2 aromatic rings. The van der Waals surface area contributed by atoms with E-state index in [0.29, 0.717) is 6.08 Å². The maximum absolute atomic E-state index is 14.7. The molecule has 11 heteroatoms. The van der Waals surface area contributed by atoms with E-state index in [2.05, 4.69) is 4.98 Å². The van der Waals surface area contributed by atoms with Crippen LogP contribution < -0.4 is 4.74 Å². The molecule has 1 fully saturated rings. The lowest BCUT2D eigenvalue weighted by molar-refractivity contribution is -0.147. The number of halogens is 7. The van der Waals surface area contributed by atoms with Crippen LogP contribution in [0.15, 0.2) is 41.4 Å². The number of allylic oxidation sites excluding steroid dienone is 2. The summed E-state index contributed by atoms with van der Waals surface area (Å²) in [6.07, 6.45) is -4.07. The maximum atomic E-state index is 14.7. The fraction of sp³-hybridized carbons (Fsp3) is 0.333. The summed E-state index contributed by atoms with van der Waals surface area (Å²) < 4.78 is 90.6. The number of hydrogen-bond donors (Lipinski definition) is 0. The van der Waals surface area contributed by atoms with Crippen LogP contribution in [-0.2, 0) is 16.1 Å². The molecule has 1 aliphatic rings. The Bertz CT molecular complexity index is 1060. The molecule has 0 radical (unpaired) electrons. The Hall–Kier alpha value is -2.75. The minimum absolute atomic E-state index is 0.101. The smallest absolute Gasteiger partial charge is 0.426 e. The highest BCUT2D eigenvalue weighted by Gasteiger charge is 2.62. The molecule has 2 atom stereocenters. The van der Waals surface area contributed by atoms with Crippen LogP contribution in [0.5, 0.6) is 11.6 Å². The van der Waals surface area contributed by atoms with Gasteiger partial charge in [0.15, 0.2) is 11.6 Å². The van der Waals surface area contributed by atoms with Crippen molar-refractivity contribution in [3.05, 3.63) is 64.6 Å². The van der Waals surface area contributed by atoms with Gasteiger partial charge in [-0.05, 0) is 23.5 Å².